The summed E-state index contributed by atoms with van der Waals surface area (Å²) in [7, 11) is 0. The van der Waals surface area contributed by atoms with E-state index < -0.39 is 0 Å². The van der Waals surface area contributed by atoms with Crippen LogP contribution in [0.1, 0.15) is 30.2 Å². The Morgan fingerprint density at radius 3 is 3.16 bits per heavy atom. The van der Waals surface area contributed by atoms with Gasteiger partial charge in [-0.2, -0.15) is 14.6 Å². The van der Waals surface area contributed by atoms with Crippen LogP contribution in [0.3, 0.4) is 0 Å². The number of aryl methyl sites for hydroxylation is 2. The van der Waals surface area contributed by atoms with Crippen LogP contribution in [0.25, 0.3) is 15.9 Å². The lowest BCUT2D eigenvalue weighted by Gasteiger charge is -2.10. The van der Waals surface area contributed by atoms with E-state index in [0.717, 1.165) is 16.9 Å². The Labute approximate surface area is 114 Å². The highest BCUT2D eigenvalue weighted by Gasteiger charge is 2.21. The van der Waals surface area contributed by atoms with Crippen molar-refractivity contribution >= 4 is 27.2 Å². The first-order valence-corrected chi connectivity index (χ1v) is 7.47. The standard InChI is InChI=1S/C13H14N4OS/c1-2-18-13-16-12-10(11-14-7-15-17(11)13)8-5-3-4-6-9(8)19-12/h7H,2-6H2,1H3. The molecule has 1 aliphatic rings. The van der Waals surface area contributed by atoms with Gasteiger partial charge in [-0.25, -0.2) is 4.98 Å². The lowest BCUT2D eigenvalue weighted by molar-refractivity contribution is 0.305. The summed E-state index contributed by atoms with van der Waals surface area (Å²) in [4.78, 5) is 11.5. The van der Waals surface area contributed by atoms with Gasteiger partial charge in [0.15, 0.2) is 5.65 Å². The molecule has 3 aromatic rings. The SMILES string of the molecule is CCOc1nc2sc3c(c2c2ncnn12)CCCC3. The second-order valence-corrected chi connectivity index (χ2v) is 5.80. The van der Waals surface area contributed by atoms with E-state index in [4.69, 9.17) is 4.74 Å². The van der Waals surface area contributed by atoms with E-state index in [1.54, 1.807) is 22.2 Å². The molecule has 0 aliphatic heterocycles. The number of rotatable bonds is 2. The zero-order chi connectivity index (χ0) is 12.8. The summed E-state index contributed by atoms with van der Waals surface area (Å²) in [6, 6.07) is 0.543. The van der Waals surface area contributed by atoms with Crippen molar-refractivity contribution in [2.75, 3.05) is 6.61 Å². The molecular weight excluding hydrogens is 260 g/mol. The Morgan fingerprint density at radius 2 is 2.26 bits per heavy atom. The monoisotopic (exact) mass is 274 g/mol. The fourth-order valence-corrected chi connectivity index (χ4v) is 4.02. The fourth-order valence-electron chi connectivity index (χ4n) is 2.77. The highest BCUT2D eigenvalue weighted by molar-refractivity contribution is 7.19. The molecule has 3 aromatic heterocycles. The van der Waals surface area contributed by atoms with Crippen molar-refractivity contribution in [2.45, 2.75) is 32.6 Å². The van der Waals surface area contributed by atoms with Crippen LogP contribution < -0.4 is 4.74 Å². The summed E-state index contributed by atoms with van der Waals surface area (Å²) in [6.07, 6.45) is 6.41. The number of ether oxygens (including phenoxy) is 1. The van der Waals surface area contributed by atoms with Gasteiger partial charge in [0.1, 0.15) is 11.2 Å². The van der Waals surface area contributed by atoms with Crippen LogP contribution in [0.5, 0.6) is 6.01 Å². The Bertz CT molecular complexity index is 761. The molecule has 0 N–H and O–H groups in total. The second-order valence-electron chi connectivity index (χ2n) is 4.71. The lowest BCUT2D eigenvalue weighted by atomic mass is 9.97. The first-order valence-electron chi connectivity index (χ1n) is 6.65. The van der Waals surface area contributed by atoms with Crippen LogP contribution in [0, 0.1) is 0 Å². The van der Waals surface area contributed by atoms with Crippen molar-refractivity contribution in [2.24, 2.45) is 0 Å². The summed E-state index contributed by atoms with van der Waals surface area (Å²) in [5.74, 6) is 0. The molecule has 0 fully saturated rings. The van der Waals surface area contributed by atoms with Gasteiger partial charge in [0.05, 0.1) is 12.0 Å². The molecule has 0 bridgehead atoms. The maximum atomic E-state index is 5.57. The van der Waals surface area contributed by atoms with Gasteiger partial charge >= 0.3 is 6.01 Å². The maximum absolute atomic E-state index is 5.57. The van der Waals surface area contributed by atoms with Gasteiger partial charge in [-0.3, -0.25) is 0 Å². The van der Waals surface area contributed by atoms with E-state index in [-0.39, 0.29) is 0 Å². The molecule has 5 nitrogen and oxygen atoms in total. The first kappa shape index (κ1) is 11.2. The minimum Gasteiger partial charge on any atom is -0.464 e. The number of hydrogen-bond donors (Lipinski definition) is 0. The van der Waals surface area contributed by atoms with E-state index in [2.05, 4.69) is 15.1 Å². The van der Waals surface area contributed by atoms with Crippen LogP contribution >= 0.6 is 11.3 Å². The Hall–Kier alpha value is -1.69. The third kappa shape index (κ3) is 1.56. The summed E-state index contributed by atoms with van der Waals surface area (Å²) >= 11 is 1.79. The third-order valence-corrected chi connectivity index (χ3v) is 4.76. The van der Waals surface area contributed by atoms with E-state index >= 15 is 0 Å². The number of nitrogens with zero attached hydrogens (tertiary/aromatic N) is 4. The highest BCUT2D eigenvalue weighted by Crippen LogP contribution is 2.38. The molecule has 3 heterocycles. The Balaban J connectivity index is 2.09. The molecule has 0 spiro atoms. The van der Waals surface area contributed by atoms with Crippen LogP contribution in [0.2, 0.25) is 0 Å². The lowest BCUT2D eigenvalue weighted by Crippen LogP contribution is -2.04. The molecule has 0 saturated carbocycles. The van der Waals surface area contributed by atoms with E-state index in [0.29, 0.717) is 12.6 Å². The van der Waals surface area contributed by atoms with Crippen molar-refractivity contribution in [1.29, 1.82) is 0 Å². The van der Waals surface area contributed by atoms with Gasteiger partial charge in [-0.15, -0.1) is 11.3 Å². The predicted molar refractivity (Wildman–Crippen MR) is 74.0 cm³/mol. The van der Waals surface area contributed by atoms with Crippen molar-refractivity contribution in [3.8, 4) is 6.01 Å². The third-order valence-electron chi connectivity index (χ3n) is 3.58. The van der Waals surface area contributed by atoms with Crippen molar-refractivity contribution in [3.05, 3.63) is 16.8 Å². The topological polar surface area (TPSA) is 52.3 Å². The zero-order valence-corrected chi connectivity index (χ0v) is 11.5. The van der Waals surface area contributed by atoms with E-state index in [9.17, 15) is 0 Å². The second kappa shape index (κ2) is 4.16. The summed E-state index contributed by atoms with van der Waals surface area (Å²) < 4.78 is 7.29. The molecule has 0 unspecified atom stereocenters. The van der Waals surface area contributed by atoms with Crippen LogP contribution in [0.15, 0.2) is 6.33 Å². The predicted octanol–water partition coefficient (Wildman–Crippen LogP) is 2.62. The molecule has 0 atom stereocenters. The summed E-state index contributed by atoms with van der Waals surface area (Å²) in [5.41, 5.74) is 2.31. The van der Waals surface area contributed by atoms with Gasteiger partial charge in [0, 0.05) is 4.88 Å². The molecule has 0 radical (unpaired) electrons. The molecule has 1 aliphatic carbocycles. The molecule has 0 aromatic carbocycles. The first-order chi connectivity index (χ1) is 9.38. The van der Waals surface area contributed by atoms with Crippen molar-refractivity contribution < 1.29 is 4.74 Å². The minimum absolute atomic E-state index is 0.543. The van der Waals surface area contributed by atoms with Crippen molar-refractivity contribution in [3.63, 3.8) is 0 Å². The van der Waals surface area contributed by atoms with Crippen molar-refractivity contribution in [1.82, 2.24) is 19.6 Å². The summed E-state index contributed by atoms with van der Waals surface area (Å²) in [6.45, 7) is 2.53. The highest BCUT2D eigenvalue weighted by atomic mass is 32.1. The number of fused-ring (bicyclic) bond motifs is 5. The van der Waals surface area contributed by atoms with E-state index in [1.807, 2.05) is 6.92 Å². The van der Waals surface area contributed by atoms with Crippen LogP contribution in [0.4, 0.5) is 0 Å². The van der Waals surface area contributed by atoms with Gasteiger partial charge in [0.25, 0.3) is 0 Å². The fraction of sp³-hybridized carbons (Fsp3) is 0.462. The zero-order valence-electron chi connectivity index (χ0n) is 10.7. The largest absolute Gasteiger partial charge is 0.464 e. The minimum atomic E-state index is 0.543. The molecule has 98 valence electrons. The Morgan fingerprint density at radius 1 is 1.37 bits per heavy atom. The molecule has 19 heavy (non-hydrogen) atoms. The molecule has 0 amide bonds. The smallest absolute Gasteiger partial charge is 0.320 e. The van der Waals surface area contributed by atoms with Gasteiger partial charge in [0.2, 0.25) is 0 Å². The quantitative estimate of drug-likeness (QED) is 0.721. The number of thiophene rings is 1. The normalized spacial score (nSPS) is 15.0. The maximum Gasteiger partial charge on any atom is 0.320 e. The van der Waals surface area contributed by atoms with Crippen LogP contribution in [-0.2, 0) is 12.8 Å². The van der Waals surface area contributed by atoms with Gasteiger partial charge in [-0.05, 0) is 38.2 Å². The number of aromatic nitrogens is 4. The molecule has 0 saturated heterocycles. The molecule has 4 rings (SSSR count). The van der Waals surface area contributed by atoms with Gasteiger partial charge < -0.3 is 4.74 Å². The number of hydrogen-bond acceptors (Lipinski definition) is 5. The van der Waals surface area contributed by atoms with Gasteiger partial charge in [-0.1, -0.05) is 0 Å². The molecule has 6 heteroatoms. The average molecular weight is 274 g/mol. The van der Waals surface area contributed by atoms with E-state index in [1.165, 1.54) is 35.1 Å². The molecular formula is C13H14N4OS. The van der Waals surface area contributed by atoms with Crippen LogP contribution in [-0.4, -0.2) is 26.2 Å². The summed E-state index contributed by atoms with van der Waals surface area (Å²) in [5, 5.41) is 5.42. The average Bonchev–Trinajstić information content (AvgIpc) is 3.02. The Kier molecular flexibility index (Phi) is 2.44.